The van der Waals surface area contributed by atoms with Gasteiger partial charge < -0.3 is 5.32 Å². The van der Waals surface area contributed by atoms with Crippen LogP contribution in [0.3, 0.4) is 0 Å². The first-order valence-electron chi connectivity index (χ1n) is 5.60. The third-order valence-electron chi connectivity index (χ3n) is 2.56. The smallest absolute Gasteiger partial charge is 0.273 e. The molecule has 0 bridgehead atoms. The molecule has 0 aliphatic rings. The highest BCUT2D eigenvalue weighted by Gasteiger charge is 2.10. The van der Waals surface area contributed by atoms with Gasteiger partial charge in [0.05, 0.1) is 0 Å². The number of anilines is 1. The zero-order valence-corrected chi connectivity index (χ0v) is 9.97. The quantitative estimate of drug-likeness (QED) is 0.878. The van der Waals surface area contributed by atoms with Gasteiger partial charge in [-0.2, -0.15) is 5.10 Å². The largest absolute Gasteiger partial charge is 0.321 e. The van der Waals surface area contributed by atoms with E-state index in [1.165, 1.54) is 5.56 Å². The summed E-state index contributed by atoms with van der Waals surface area (Å²) in [7, 11) is 0. The van der Waals surface area contributed by atoms with Crippen molar-refractivity contribution in [2.24, 2.45) is 0 Å². The summed E-state index contributed by atoms with van der Waals surface area (Å²) in [4.78, 5) is 12.0. The van der Waals surface area contributed by atoms with Crippen molar-refractivity contribution in [1.29, 1.82) is 0 Å². The maximum Gasteiger partial charge on any atom is 0.273 e. The van der Waals surface area contributed by atoms with E-state index in [1.807, 2.05) is 38.1 Å². The first-order valence-corrected chi connectivity index (χ1v) is 5.60. The second kappa shape index (κ2) is 4.82. The highest BCUT2D eigenvalue weighted by Crippen LogP contribution is 2.10. The first kappa shape index (κ1) is 11.4. The van der Waals surface area contributed by atoms with Crippen LogP contribution in [0, 0.1) is 6.92 Å². The monoisotopic (exact) mass is 229 g/mol. The molecule has 17 heavy (non-hydrogen) atoms. The van der Waals surface area contributed by atoms with Gasteiger partial charge in [-0.1, -0.05) is 17.7 Å². The standard InChI is InChI=1S/C13H15N3O/c1-3-16-12(8-9-14-16)13(17)15-11-6-4-10(2)5-7-11/h4-9H,3H2,1-2H3,(H,15,17). The lowest BCUT2D eigenvalue weighted by molar-refractivity contribution is 0.101. The third kappa shape index (κ3) is 2.53. The summed E-state index contributed by atoms with van der Waals surface area (Å²) in [5.74, 6) is -0.131. The van der Waals surface area contributed by atoms with Gasteiger partial charge in [-0.25, -0.2) is 0 Å². The Hall–Kier alpha value is -2.10. The number of aromatic nitrogens is 2. The number of amides is 1. The molecule has 0 saturated carbocycles. The fraction of sp³-hybridized carbons (Fsp3) is 0.231. The number of hydrogen-bond acceptors (Lipinski definition) is 2. The molecule has 0 radical (unpaired) electrons. The van der Waals surface area contributed by atoms with E-state index in [1.54, 1.807) is 16.9 Å². The molecule has 0 aliphatic carbocycles. The highest BCUT2D eigenvalue weighted by atomic mass is 16.2. The van der Waals surface area contributed by atoms with E-state index in [2.05, 4.69) is 10.4 Å². The molecule has 1 aromatic carbocycles. The first-order chi connectivity index (χ1) is 8.20. The lowest BCUT2D eigenvalue weighted by Gasteiger charge is -2.06. The zero-order valence-electron chi connectivity index (χ0n) is 9.97. The van der Waals surface area contributed by atoms with Crippen molar-refractivity contribution in [3.63, 3.8) is 0 Å². The summed E-state index contributed by atoms with van der Waals surface area (Å²) in [5, 5.41) is 6.91. The molecule has 4 heteroatoms. The maximum absolute atomic E-state index is 12.0. The van der Waals surface area contributed by atoms with Crippen molar-refractivity contribution in [2.45, 2.75) is 20.4 Å². The molecule has 2 aromatic rings. The molecule has 4 nitrogen and oxygen atoms in total. The SMILES string of the molecule is CCn1nccc1C(=O)Nc1ccc(C)cc1. The van der Waals surface area contributed by atoms with E-state index >= 15 is 0 Å². The van der Waals surface area contributed by atoms with Gasteiger partial charge in [0.1, 0.15) is 5.69 Å². The van der Waals surface area contributed by atoms with Crippen LogP contribution in [0.25, 0.3) is 0 Å². The van der Waals surface area contributed by atoms with Crippen molar-refractivity contribution in [3.05, 3.63) is 47.8 Å². The minimum atomic E-state index is -0.131. The average molecular weight is 229 g/mol. The summed E-state index contributed by atoms with van der Waals surface area (Å²) in [6.07, 6.45) is 1.63. The molecule has 1 aromatic heterocycles. The summed E-state index contributed by atoms with van der Waals surface area (Å²) in [5.41, 5.74) is 2.54. The molecular formula is C13H15N3O. The molecule has 1 amide bonds. The number of nitrogens with zero attached hydrogens (tertiary/aromatic N) is 2. The maximum atomic E-state index is 12.0. The van der Waals surface area contributed by atoms with Crippen LogP contribution in [-0.2, 0) is 6.54 Å². The van der Waals surface area contributed by atoms with Gasteiger partial charge in [0, 0.05) is 18.4 Å². The van der Waals surface area contributed by atoms with Crippen molar-refractivity contribution < 1.29 is 4.79 Å². The summed E-state index contributed by atoms with van der Waals surface area (Å²) in [6, 6.07) is 9.42. The minimum absolute atomic E-state index is 0.131. The molecule has 0 aliphatic heterocycles. The van der Waals surface area contributed by atoms with Crippen LogP contribution in [0.15, 0.2) is 36.5 Å². The number of nitrogens with one attached hydrogen (secondary N) is 1. The molecule has 1 heterocycles. The summed E-state index contributed by atoms with van der Waals surface area (Å²) in [6.45, 7) is 4.65. The van der Waals surface area contributed by atoms with Crippen molar-refractivity contribution in [1.82, 2.24) is 9.78 Å². The minimum Gasteiger partial charge on any atom is -0.321 e. The second-order valence-electron chi connectivity index (χ2n) is 3.85. The highest BCUT2D eigenvalue weighted by molar-refractivity contribution is 6.03. The molecule has 1 N–H and O–H groups in total. The normalized spacial score (nSPS) is 10.2. The molecule has 0 fully saturated rings. The number of aryl methyl sites for hydroxylation is 2. The van der Waals surface area contributed by atoms with Crippen LogP contribution in [0.2, 0.25) is 0 Å². The van der Waals surface area contributed by atoms with E-state index in [9.17, 15) is 4.79 Å². The van der Waals surface area contributed by atoms with Gasteiger partial charge in [0.15, 0.2) is 0 Å². The zero-order chi connectivity index (χ0) is 12.3. The Morgan fingerprint density at radius 2 is 2.00 bits per heavy atom. The van der Waals surface area contributed by atoms with E-state index in [4.69, 9.17) is 0 Å². The van der Waals surface area contributed by atoms with Crippen LogP contribution in [0.5, 0.6) is 0 Å². The molecular weight excluding hydrogens is 214 g/mol. The number of carbonyl (C=O) groups is 1. The van der Waals surface area contributed by atoms with E-state index < -0.39 is 0 Å². The Morgan fingerprint density at radius 3 is 2.65 bits per heavy atom. The molecule has 0 saturated heterocycles. The second-order valence-corrected chi connectivity index (χ2v) is 3.85. The molecule has 88 valence electrons. The molecule has 0 atom stereocenters. The molecule has 2 rings (SSSR count). The summed E-state index contributed by atoms with van der Waals surface area (Å²) >= 11 is 0. The molecule has 0 unspecified atom stereocenters. The number of carbonyl (C=O) groups excluding carboxylic acids is 1. The number of hydrogen-bond donors (Lipinski definition) is 1. The Morgan fingerprint density at radius 1 is 1.29 bits per heavy atom. The van der Waals surface area contributed by atoms with E-state index in [0.29, 0.717) is 12.2 Å². The Bertz CT molecular complexity index is 514. The van der Waals surface area contributed by atoms with Crippen LogP contribution in [-0.4, -0.2) is 15.7 Å². The van der Waals surface area contributed by atoms with Gasteiger partial charge in [-0.15, -0.1) is 0 Å². The van der Waals surface area contributed by atoms with Crippen molar-refractivity contribution >= 4 is 11.6 Å². The molecule has 0 spiro atoms. The van der Waals surface area contributed by atoms with Crippen LogP contribution >= 0.6 is 0 Å². The fourth-order valence-electron chi connectivity index (χ4n) is 1.61. The number of benzene rings is 1. The Labute approximate surface area is 100 Å². The number of rotatable bonds is 3. The predicted octanol–water partition coefficient (Wildman–Crippen LogP) is 2.46. The Balaban J connectivity index is 2.14. The van der Waals surface area contributed by atoms with Gasteiger partial charge in [0.2, 0.25) is 0 Å². The van der Waals surface area contributed by atoms with Gasteiger partial charge in [-0.05, 0) is 32.0 Å². The third-order valence-corrected chi connectivity index (χ3v) is 2.56. The van der Waals surface area contributed by atoms with E-state index in [0.717, 1.165) is 5.69 Å². The Kier molecular flexibility index (Phi) is 3.23. The average Bonchev–Trinajstić information content (AvgIpc) is 2.80. The predicted molar refractivity (Wildman–Crippen MR) is 67.0 cm³/mol. The topological polar surface area (TPSA) is 46.9 Å². The van der Waals surface area contributed by atoms with Gasteiger partial charge in [0.25, 0.3) is 5.91 Å². The van der Waals surface area contributed by atoms with Crippen LogP contribution in [0.1, 0.15) is 23.0 Å². The fourth-order valence-corrected chi connectivity index (χ4v) is 1.61. The van der Waals surface area contributed by atoms with Gasteiger partial charge >= 0.3 is 0 Å². The van der Waals surface area contributed by atoms with Crippen molar-refractivity contribution in [2.75, 3.05) is 5.32 Å². The van der Waals surface area contributed by atoms with Crippen LogP contribution in [0.4, 0.5) is 5.69 Å². The lowest BCUT2D eigenvalue weighted by Crippen LogP contribution is -2.17. The summed E-state index contributed by atoms with van der Waals surface area (Å²) < 4.78 is 1.67. The van der Waals surface area contributed by atoms with Gasteiger partial charge in [-0.3, -0.25) is 9.48 Å². The van der Waals surface area contributed by atoms with Crippen LogP contribution < -0.4 is 5.32 Å². The lowest BCUT2D eigenvalue weighted by atomic mass is 10.2. The van der Waals surface area contributed by atoms with E-state index in [-0.39, 0.29) is 5.91 Å². The van der Waals surface area contributed by atoms with Crippen molar-refractivity contribution in [3.8, 4) is 0 Å².